The second-order valence-electron chi connectivity index (χ2n) is 3.89. The lowest BCUT2D eigenvalue weighted by molar-refractivity contribution is -0.137. The van der Waals surface area contributed by atoms with E-state index in [4.69, 9.17) is 16.7 Å². The average molecular weight is 358 g/mol. The van der Waals surface area contributed by atoms with Crippen molar-refractivity contribution < 1.29 is 23.1 Å². The van der Waals surface area contributed by atoms with Crippen LogP contribution in [0, 0.1) is 6.92 Å². The molecule has 0 radical (unpaired) electrons. The molecule has 7 heteroatoms. The Balaban J connectivity index is 3.26. The quantitative estimate of drug-likeness (QED) is 0.858. The number of benzene rings is 1. The summed E-state index contributed by atoms with van der Waals surface area (Å²) < 4.78 is 37.6. The fourth-order valence-corrected chi connectivity index (χ4v) is 2.25. The van der Waals surface area contributed by atoms with Gasteiger partial charge < -0.3 is 5.11 Å². The number of halogens is 5. The minimum absolute atomic E-state index is 0.224. The van der Waals surface area contributed by atoms with Gasteiger partial charge in [-0.25, -0.2) is 0 Å². The van der Waals surface area contributed by atoms with Gasteiger partial charge in [-0.1, -0.05) is 33.6 Å². The Morgan fingerprint density at radius 2 is 2.00 bits per heavy atom. The minimum atomic E-state index is -4.75. The molecule has 0 spiro atoms. The van der Waals surface area contributed by atoms with E-state index in [0.717, 1.165) is 5.56 Å². The summed E-state index contributed by atoms with van der Waals surface area (Å²) in [5.41, 5.74) is 0.953. The van der Waals surface area contributed by atoms with E-state index >= 15 is 0 Å². The van der Waals surface area contributed by atoms with Crippen molar-refractivity contribution in [1.82, 2.24) is 0 Å². The molecule has 0 aromatic heterocycles. The molecule has 0 amide bonds. The highest BCUT2D eigenvalue weighted by Gasteiger charge is 2.34. The molecular weight excluding hydrogens is 348 g/mol. The van der Waals surface area contributed by atoms with Gasteiger partial charge in [-0.3, -0.25) is 4.79 Å². The van der Waals surface area contributed by atoms with Crippen molar-refractivity contribution in [3.63, 3.8) is 0 Å². The van der Waals surface area contributed by atoms with Crippen LogP contribution in [0.2, 0.25) is 0 Å². The third-order valence-electron chi connectivity index (χ3n) is 2.27. The molecule has 0 saturated heterocycles. The number of carboxylic acid groups (broad SMARTS) is 1. The van der Waals surface area contributed by atoms with Gasteiger partial charge in [-0.15, -0.1) is 0 Å². The first-order valence-corrected chi connectivity index (χ1v) is 6.23. The monoisotopic (exact) mass is 356 g/mol. The van der Waals surface area contributed by atoms with Crippen LogP contribution < -0.4 is 0 Å². The van der Waals surface area contributed by atoms with Crippen LogP contribution in [0.4, 0.5) is 13.2 Å². The van der Waals surface area contributed by atoms with Crippen LogP contribution in [0.5, 0.6) is 0 Å². The Labute approximate surface area is 121 Å². The molecule has 0 bridgehead atoms. The first kappa shape index (κ1) is 16.0. The van der Waals surface area contributed by atoms with Crippen LogP contribution in [0.3, 0.4) is 0 Å². The van der Waals surface area contributed by atoms with Gasteiger partial charge in [0.15, 0.2) is 0 Å². The van der Waals surface area contributed by atoms with Crippen LogP contribution in [-0.2, 0) is 4.79 Å². The van der Waals surface area contributed by atoms with E-state index in [9.17, 15) is 18.0 Å². The summed E-state index contributed by atoms with van der Waals surface area (Å²) in [5, 5.41) is 7.59. The normalized spacial score (nSPS) is 14.3. The van der Waals surface area contributed by atoms with Gasteiger partial charge in [0.05, 0.1) is 0 Å². The summed E-state index contributed by atoms with van der Waals surface area (Å²) in [6, 6.07) is 4.67. The maximum absolute atomic E-state index is 12.3. The summed E-state index contributed by atoms with van der Waals surface area (Å²) >= 11 is 8.25. The molecule has 1 atom stereocenters. The van der Waals surface area contributed by atoms with Crippen molar-refractivity contribution in [1.29, 1.82) is 0 Å². The molecule has 2 nitrogen and oxygen atoms in total. The van der Waals surface area contributed by atoms with Crippen molar-refractivity contribution in [3.8, 4) is 0 Å². The summed E-state index contributed by atoms with van der Waals surface area (Å²) in [6.45, 7) is 1.71. The zero-order valence-corrected chi connectivity index (χ0v) is 12.0. The lowest BCUT2D eigenvalue weighted by Crippen LogP contribution is -2.14. The third kappa shape index (κ3) is 4.54. The van der Waals surface area contributed by atoms with Gasteiger partial charge >= 0.3 is 12.1 Å². The van der Waals surface area contributed by atoms with E-state index in [0.29, 0.717) is 10.5 Å². The topological polar surface area (TPSA) is 37.3 Å². The smallest absolute Gasteiger partial charge is 0.426 e. The van der Waals surface area contributed by atoms with Crippen molar-refractivity contribution in [2.75, 3.05) is 0 Å². The molecule has 1 rings (SSSR count). The van der Waals surface area contributed by atoms with Crippen molar-refractivity contribution in [2.45, 2.75) is 19.0 Å². The van der Waals surface area contributed by atoms with Crippen LogP contribution >= 0.6 is 27.5 Å². The van der Waals surface area contributed by atoms with Crippen LogP contribution in [-0.4, -0.2) is 17.3 Å². The lowest BCUT2D eigenvalue weighted by atomic mass is 9.97. The molecule has 0 aliphatic carbocycles. The molecule has 0 aliphatic heterocycles. The SMILES string of the molecule is Cc1cc(Br)cc(C(C=C(Cl)C(F)(F)F)C(=O)O)c1. The summed E-state index contributed by atoms with van der Waals surface area (Å²) in [6.07, 6.45) is -4.26. The minimum Gasteiger partial charge on any atom is -0.481 e. The van der Waals surface area contributed by atoms with Gasteiger partial charge in [0.2, 0.25) is 0 Å². The first-order valence-electron chi connectivity index (χ1n) is 5.05. The number of aliphatic carboxylic acids is 1. The molecule has 0 fully saturated rings. The standard InChI is InChI=1S/C12H9BrClF3O2/c1-6-2-7(4-8(13)3-6)9(11(18)19)5-10(14)12(15,16)17/h2-5,9H,1H3,(H,18,19). The molecule has 1 aromatic rings. The maximum atomic E-state index is 12.3. The Morgan fingerprint density at radius 3 is 2.42 bits per heavy atom. The van der Waals surface area contributed by atoms with Crippen molar-refractivity contribution in [3.05, 3.63) is 44.9 Å². The number of alkyl halides is 3. The predicted molar refractivity (Wildman–Crippen MR) is 69.2 cm³/mol. The van der Waals surface area contributed by atoms with E-state index in [2.05, 4.69) is 15.9 Å². The molecular formula is C12H9BrClF3O2. The molecule has 0 saturated carbocycles. The molecule has 0 heterocycles. The van der Waals surface area contributed by atoms with Gasteiger partial charge in [0, 0.05) is 4.47 Å². The van der Waals surface area contributed by atoms with E-state index < -0.39 is 23.1 Å². The van der Waals surface area contributed by atoms with Crippen LogP contribution in [0.25, 0.3) is 0 Å². The molecule has 0 aliphatic rings. The molecule has 1 aromatic carbocycles. The van der Waals surface area contributed by atoms with E-state index in [1.165, 1.54) is 12.1 Å². The number of hydrogen-bond acceptors (Lipinski definition) is 1. The van der Waals surface area contributed by atoms with Crippen LogP contribution in [0.1, 0.15) is 17.0 Å². The van der Waals surface area contributed by atoms with E-state index in [1.54, 1.807) is 13.0 Å². The Morgan fingerprint density at radius 1 is 1.42 bits per heavy atom. The second-order valence-corrected chi connectivity index (χ2v) is 5.21. The maximum Gasteiger partial charge on any atom is 0.426 e. The number of aryl methyl sites for hydroxylation is 1. The third-order valence-corrected chi connectivity index (χ3v) is 3.07. The highest BCUT2D eigenvalue weighted by Crippen LogP contribution is 2.33. The average Bonchev–Trinajstić information content (AvgIpc) is 2.21. The highest BCUT2D eigenvalue weighted by atomic mass is 79.9. The summed E-state index contributed by atoms with van der Waals surface area (Å²) in [4.78, 5) is 11.1. The van der Waals surface area contributed by atoms with E-state index in [-0.39, 0.29) is 5.56 Å². The zero-order chi connectivity index (χ0) is 14.8. The van der Waals surface area contributed by atoms with Crippen molar-refractivity contribution in [2.24, 2.45) is 0 Å². The largest absolute Gasteiger partial charge is 0.481 e. The second kappa shape index (κ2) is 5.96. The number of carbonyl (C=O) groups is 1. The Bertz CT molecular complexity index is 506. The number of hydrogen-bond donors (Lipinski definition) is 1. The molecule has 104 valence electrons. The summed E-state index contributed by atoms with van der Waals surface area (Å²) in [5.74, 6) is -2.86. The zero-order valence-electron chi connectivity index (χ0n) is 9.63. The highest BCUT2D eigenvalue weighted by molar-refractivity contribution is 9.10. The Hall–Kier alpha value is -1.01. The van der Waals surface area contributed by atoms with Gasteiger partial charge in [-0.05, 0) is 36.3 Å². The number of carboxylic acids is 1. The molecule has 1 N–H and O–H groups in total. The summed E-state index contributed by atoms with van der Waals surface area (Å²) in [7, 11) is 0. The van der Waals surface area contributed by atoms with Gasteiger partial charge in [0.1, 0.15) is 11.0 Å². The first-order chi connectivity index (χ1) is 8.61. The fourth-order valence-electron chi connectivity index (χ4n) is 1.50. The predicted octanol–water partition coefficient (Wildman–Crippen LogP) is 4.61. The molecule has 19 heavy (non-hydrogen) atoms. The molecule has 1 unspecified atom stereocenters. The lowest BCUT2D eigenvalue weighted by Gasteiger charge is -2.12. The number of rotatable bonds is 3. The Kier molecular flexibility index (Phi) is 5.04. The van der Waals surface area contributed by atoms with Gasteiger partial charge in [0.25, 0.3) is 0 Å². The van der Waals surface area contributed by atoms with E-state index in [1.807, 2.05) is 0 Å². The number of allylic oxidation sites excluding steroid dienone is 1. The fraction of sp³-hybridized carbons (Fsp3) is 0.250. The van der Waals surface area contributed by atoms with Gasteiger partial charge in [-0.2, -0.15) is 13.2 Å². The van der Waals surface area contributed by atoms with Crippen LogP contribution in [0.15, 0.2) is 33.8 Å². The van der Waals surface area contributed by atoms with Crippen molar-refractivity contribution >= 4 is 33.5 Å².